The van der Waals surface area contributed by atoms with Crippen LogP contribution in [0.15, 0.2) is 42.5 Å². The fourth-order valence-electron chi connectivity index (χ4n) is 1.53. The number of allylic oxidation sites excluding steroid dienone is 6. The van der Waals surface area contributed by atoms with Crippen molar-refractivity contribution in [3.8, 4) is 0 Å². The van der Waals surface area contributed by atoms with Gasteiger partial charge < -0.3 is 0 Å². The third-order valence-corrected chi connectivity index (χ3v) is 11.0. The van der Waals surface area contributed by atoms with Crippen LogP contribution >= 0.6 is 0 Å². The third kappa shape index (κ3) is 9.87. The molecule has 0 aliphatic heterocycles. The van der Waals surface area contributed by atoms with Gasteiger partial charge in [0.15, 0.2) is 0 Å². The Morgan fingerprint density at radius 2 is 1.05 bits per heavy atom. The van der Waals surface area contributed by atoms with E-state index in [2.05, 4.69) is 61.8 Å². The normalized spacial score (nSPS) is 17.4. The van der Waals surface area contributed by atoms with Gasteiger partial charge in [0.05, 0.1) is 0 Å². The van der Waals surface area contributed by atoms with Crippen molar-refractivity contribution in [3.05, 3.63) is 42.5 Å². The molecule has 0 saturated heterocycles. The van der Waals surface area contributed by atoms with E-state index in [1.54, 1.807) is 20.8 Å². The second kappa shape index (κ2) is 12.2. The van der Waals surface area contributed by atoms with Crippen molar-refractivity contribution in [2.45, 2.75) is 40.0 Å². The molecule has 0 radical (unpaired) electrons. The van der Waals surface area contributed by atoms with Gasteiger partial charge in [0, 0.05) is 0 Å². The summed E-state index contributed by atoms with van der Waals surface area (Å²) in [5.74, 6) is 0. The van der Waals surface area contributed by atoms with E-state index in [0.29, 0.717) is 16.3 Å². The van der Waals surface area contributed by atoms with Crippen LogP contribution < -0.4 is 0 Å². The second-order valence-electron chi connectivity index (χ2n) is 4.95. The van der Waals surface area contributed by atoms with E-state index < -0.39 is 0 Å². The van der Waals surface area contributed by atoms with Crippen LogP contribution in [0.3, 0.4) is 0 Å². The molecule has 0 bridgehead atoms. The van der Waals surface area contributed by atoms with Crippen LogP contribution in [0.2, 0.25) is 26.2 Å². The van der Waals surface area contributed by atoms with Gasteiger partial charge in [-0.3, -0.25) is 0 Å². The summed E-state index contributed by atoms with van der Waals surface area (Å²) in [4.78, 5) is 5.15. The van der Waals surface area contributed by atoms with E-state index in [0.717, 1.165) is 0 Å². The number of hydrogen-bond acceptors (Lipinski definition) is 0. The molecule has 0 unspecified atom stereocenters. The van der Waals surface area contributed by atoms with Crippen molar-refractivity contribution in [2.75, 3.05) is 0 Å². The molecule has 0 aromatic heterocycles. The first-order chi connectivity index (χ1) is 9.07. The topological polar surface area (TPSA) is 0 Å². The average Bonchev–Trinajstić information content (AvgIpc) is 2.44. The van der Waals surface area contributed by atoms with Crippen molar-refractivity contribution in [3.63, 3.8) is 0 Å². The summed E-state index contributed by atoms with van der Waals surface area (Å²) in [6, 6.07) is 0. The van der Waals surface area contributed by atoms with Gasteiger partial charge in [-0.15, -0.1) is 0 Å². The first-order valence-electron chi connectivity index (χ1n) is 7.49. The van der Waals surface area contributed by atoms with E-state index in [1.165, 1.54) is 0 Å². The number of rotatable bonds is 8. The molecule has 0 fully saturated rings. The zero-order chi connectivity index (χ0) is 14.7. The Hall–Kier alpha value is 0.412. The molecule has 19 heavy (non-hydrogen) atoms. The fourth-order valence-corrected chi connectivity index (χ4v) is 8.03. The van der Waals surface area contributed by atoms with Crippen LogP contribution in [0.4, 0.5) is 0 Å². The molecule has 0 heterocycles. The summed E-state index contributed by atoms with van der Waals surface area (Å²) in [6.45, 7) is 14.2. The summed E-state index contributed by atoms with van der Waals surface area (Å²) in [5, 5.41) is 6.74. The summed E-state index contributed by atoms with van der Waals surface area (Å²) in [5.41, 5.74) is 0. The van der Waals surface area contributed by atoms with Gasteiger partial charge in [-0.05, 0) is 0 Å². The maximum atomic E-state index is 2.58. The van der Waals surface area contributed by atoms with Crippen molar-refractivity contribution >= 4 is 38.1 Å². The van der Waals surface area contributed by atoms with E-state index in [4.69, 9.17) is 0 Å². The van der Waals surface area contributed by atoms with Gasteiger partial charge in [0.2, 0.25) is 0 Å². The van der Waals surface area contributed by atoms with E-state index >= 15 is 0 Å². The Labute approximate surface area is 136 Å². The minimum absolute atomic E-state index is 0.00227. The molecule has 0 saturated carbocycles. The molecular weight excluding hydrogens is 331 g/mol. The van der Waals surface area contributed by atoms with Gasteiger partial charge in [-0.25, -0.2) is 0 Å². The first-order valence-corrected chi connectivity index (χ1v) is 17.6. The van der Waals surface area contributed by atoms with Crippen molar-refractivity contribution in [1.82, 2.24) is 0 Å². The molecule has 107 valence electrons. The van der Waals surface area contributed by atoms with E-state index in [-0.39, 0.29) is 38.1 Å². The van der Waals surface area contributed by atoms with E-state index in [9.17, 15) is 0 Å². The summed E-state index contributed by atoms with van der Waals surface area (Å²) in [6.07, 6.45) is 5.01. The zero-order valence-corrected chi connectivity index (χ0v) is 20.6. The molecule has 0 aromatic carbocycles. The number of hydrogen-bond donors (Lipinski definition) is 0. The monoisotopic (exact) mass is 361 g/mol. The van der Waals surface area contributed by atoms with E-state index in [1.807, 2.05) is 0 Å². The Morgan fingerprint density at radius 1 is 0.684 bits per heavy atom. The fraction of sp³-hybridized carbons (Fsp3) is 0.429. The molecule has 0 spiro atoms. The molecule has 0 atom stereocenters. The predicted octanol–water partition coefficient (Wildman–Crippen LogP) is 1.43. The van der Waals surface area contributed by atoms with Gasteiger partial charge in [0.25, 0.3) is 0 Å². The SMILES string of the molecule is C[SiH2]C(C)=CC(=[CH][V][CH]=C(C=C(C)[SiH2]C)[SiH2]C)[SiH2]C. The molecule has 0 rings (SSSR count). The van der Waals surface area contributed by atoms with Crippen LogP contribution in [-0.2, 0) is 16.3 Å². The van der Waals surface area contributed by atoms with Crippen LogP contribution in [0.5, 0.6) is 0 Å². The second-order valence-corrected chi connectivity index (χ2v) is 12.9. The van der Waals surface area contributed by atoms with Crippen LogP contribution in [0.1, 0.15) is 13.8 Å². The van der Waals surface area contributed by atoms with Gasteiger partial charge in [-0.1, -0.05) is 0 Å². The molecule has 0 N–H and O–H groups in total. The molecule has 0 nitrogen and oxygen atoms in total. The van der Waals surface area contributed by atoms with Gasteiger partial charge >= 0.3 is 137 Å². The quantitative estimate of drug-likeness (QED) is 0.453. The molecular formula is C14H30Si4V. The summed E-state index contributed by atoms with van der Waals surface area (Å²) < 4.78 is 0. The predicted molar refractivity (Wildman–Crippen MR) is 101 cm³/mol. The molecule has 0 aliphatic rings. The molecule has 0 aromatic rings. The zero-order valence-electron chi connectivity index (χ0n) is 13.6. The molecule has 0 aliphatic carbocycles. The maximum absolute atomic E-state index is 2.58. The minimum atomic E-state index is 0.00227. The Balaban J connectivity index is 4.74. The van der Waals surface area contributed by atoms with Crippen LogP contribution in [-0.4, -0.2) is 38.1 Å². The van der Waals surface area contributed by atoms with Crippen molar-refractivity contribution in [1.29, 1.82) is 0 Å². The van der Waals surface area contributed by atoms with Crippen LogP contribution in [0.25, 0.3) is 0 Å². The third-order valence-electron chi connectivity index (χ3n) is 3.28. The summed E-state index contributed by atoms with van der Waals surface area (Å²) in [7, 11) is 0.133. The Kier molecular flexibility index (Phi) is 12.4. The molecule has 5 heteroatoms. The Bertz CT molecular complexity index is 345. The first kappa shape index (κ1) is 19.4. The van der Waals surface area contributed by atoms with Gasteiger partial charge in [0.1, 0.15) is 0 Å². The van der Waals surface area contributed by atoms with Gasteiger partial charge in [-0.2, -0.15) is 0 Å². The average molecular weight is 362 g/mol. The standard InChI is InChI=1S/2C7H15Si2.V/c2*1-6(8-3)5-7(2)9-4;/h2*1,5H,8-9H2,2-4H3;. The Morgan fingerprint density at radius 3 is 1.32 bits per heavy atom. The van der Waals surface area contributed by atoms with Crippen LogP contribution in [0, 0.1) is 0 Å². The van der Waals surface area contributed by atoms with Crippen molar-refractivity contribution < 1.29 is 16.3 Å². The van der Waals surface area contributed by atoms with Crippen molar-refractivity contribution in [2.24, 2.45) is 0 Å². The molecule has 0 amide bonds. The summed E-state index contributed by atoms with van der Waals surface area (Å²) >= 11 is 0.293.